The van der Waals surface area contributed by atoms with Crippen molar-refractivity contribution in [3.05, 3.63) is 11.5 Å². The largest absolute Gasteiger partial charge is 0.489 e. The quantitative estimate of drug-likeness (QED) is 0.438. The fraction of sp³-hybridized carbons (Fsp3) is 0.846. The second-order valence-electron chi connectivity index (χ2n) is 4.45. The molecule has 3 heteroatoms. The van der Waals surface area contributed by atoms with E-state index in [9.17, 15) is 0 Å². The van der Waals surface area contributed by atoms with Gasteiger partial charge in [-0.2, -0.15) is 0 Å². The lowest BCUT2D eigenvalue weighted by atomic mass is 9.77. The van der Waals surface area contributed by atoms with Crippen molar-refractivity contribution in [2.75, 3.05) is 13.2 Å². The van der Waals surface area contributed by atoms with Gasteiger partial charge in [-0.15, -0.1) is 0 Å². The molecule has 0 saturated carbocycles. The van der Waals surface area contributed by atoms with Gasteiger partial charge < -0.3 is 9.31 Å². The molecule has 0 spiro atoms. The third-order valence-electron chi connectivity index (χ3n) is 2.91. The van der Waals surface area contributed by atoms with Crippen molar-refractivity contribution in [1.29, 1.82) is 0 Å². The van der Waals surface area contributed by atoms with Crippen LogP contribution in [0.1, 0.15) is 58.8 Å². The third-order valence-corrected chi connectivity index (χ3v) is 2.91. The fourth-order valence-electron chi connectivity index (χ4n) is 1.84. The molecule has 0 amide bonds. The van der Waals surface area contributed by atoms with Crippen molar-refractivity contribution in [3.8, 4) is 0 Å². The van der Waals surface area contributed by atoms with E-state index in [-0.39, 0.29) is 7.12 Å². The Balaban J connectivity index is 2.28. The van der Waals surface area contributed by atoms with Gasteiger partial charge in [0.2, 0.25) is 0 Å². The van der Waals surface area contributed by atoms with E-state index in [1.807, 2.05) is 0 Å². The van der Waals surface area contributed by atoms with Crippen LogP contribution in [0.4, 0.5) is 0 Å². The van der Waals surface area contributed by atoms with Crippen LogP contribution in [0.5, 0.6) is 0 Å². The topological polar surface area (TPSA) is 18.5 Å². The lowest BCUT2D eigenvalue weighted by molar-refractivity contribution is 0.198. The van der Waals surface area contributed by atoms with Crippen LogP contribution in [-0.2, 0) is 9.31 Å². The number of unbranched alkanes of at least 4 members (excludes halogenated alkanes) is 2. The van der Waals surface area contributed by atoms with Gasteiger partial charge >= 0.3 is 7.12 Å². The Bertz CT molecular complexity index is 194. The van der Waals surface area contributed by atoms with Crippen molar-refractivity contribution >= 4 is 7.12 Å². The first kappa shape index (κ1) is 13.8. The number of rotatable bonds is 9. The van der Waals surface area contributed by atoms with Gasteiger partial charge in [-0.3, -0.25) is 0 Å². The summed E-state index contributed by atoms with van der Waals surface area (Å²) in [5.41, 5.74) is 1.37. The Labute approximate surface area is 101 Å². The predicted octanol–water partition coefficient (Wildman–Crippen LogP) is 3.76. The van der Waals surface area contributed by atoms with E-state index >= 15 is 0 Å². The lowest BCUT2D eigenvalue weighted by Gasteiger charge is -2.15. The minimum absolute atomic E-state index is 0.0550. The molecule has 92 valence electrons. The van der Waals surface area contributed by atoms with Crippen LogP contribution in [0.3, 0.4) is 0 Å². The van der Waals surface area contributed by atoms with Crippen molar-refractivity contribution in [2.45, 2.75) is 58.8 Å². The molecule has 0 unspecified atom stereocenters. The summed E-state index contributed by atoms with van der Waals surface area (Å²) in [7, 11) is -0.0550. The van der Waals surface area contributed by atoms with Crippen molar-refractivity contribution in [2.24, 2.45) is 0 Å². The van der Waals surface area contributed by atoms with Gasteiger partial charge in [0.25, 0.3) is 0 Å². The molecule has 0 saturated heterocycles. The van der Waals surface area contributed by atoms with Crippen LogP contribution in [0.15, 0.2) is 11.5 Å². The van der Waals surface area contributed by atoms with Crippen LogP contribution < -0.4 is 0 Å². The van der Waals surface area contributed by atoms with Crippen molar-refractivity contribution < 1.29 is 9.31 Å². The fourth-order valence-corrected chi connectivity index (χ4v) is 1.84. The number of hydrogen-bond acceptors (Lipinski definition) is 2. The molecule has 0 aromatic rings. The monoisotopic (exact) mass is 224 g/mol. The molecule has 16 heavy (non-hydrogen) atoms. The smallest absolute Gasteiger partial charge is 0.407 e. The van der Waals surface area contributed by atoms with Crippen molar-refractivity contribution in [1.82, 2.24) is 0 Å². The van der Waals surface area contributed by atoms with Gasteiger partial charge in [0.1, 0.15) is 0 Å². The van der Waals surface area contributed by atoms with Crippen molar-refractivity contribution in [3.63, 3.8) is 0 Å². The van der Waals surface area contributed by atoms with E-state index in [0.29, 0.717) is 0 Å². The average molecular weight is 224 g/mol. The minimum Gasteiger partial charge on any atom is -0.407 e. The summed E-state index contributed by atoms with van der Waals surface area (Å²) >= 11 is 0. The maximum absolute atomic E-state index is 5.82. The van der Waals surface area contributed by atoms with E-state index in [0.717, 1.165) is 32.5 Å². The molecular formula is C13H25BO2. The molecule has 0 bridgehead atoms. The van der Waals surface area contributed by atoms with E-state index in [4.69, 9.17) is 9.31 Å². The molecule has 0 aliphatic heterocycles. The summed E-state index contributed by atoms with van der Waals surface area (Å²) in [5, 5.41) is 0. The Kier molecular flexibility index (Phi) is 7.61. The maximum atomic E-state index is 5.82. The second kappa shape index (κ2) is 8.83. The summed E-state index contributed by atoms with van der Waals surface area (Å²) in [6.07, 6.45) is 10.5. The average Bonchev–Trinajstić information content (AvgIpc) is 2.81. The lowest BCUT2D eigenvalue weighted by Crippen LogP contribution is -2.26. The van der Waals surface area contributed by atoms with Gasteiger partial charge in [-0.1, -0.05) is 32.8 Å². The molecule has 0 heterocycles. The summed E-state index contributed by atoms with van der Waals surface area (Å²) < 4.78 is 11.6. The summed E-state index contributed by atoms with van der Waals surface area (Å²) in [4.78, 5) is 0. The van der Waals surface area contributed by atoms with Crippen LogP contribution >= 0.6 is 0 Å². The highest BCUT2D eigenvalue weighted by atomic mass is 16.6. The van der Waals surface area contributed by atoms with Gasteiger partial charge in [-0.25, -0.2) is 0 Å². The molecule has 0 radical (unpaired) electrons. The van der Waals surface area contributed by atoms with Gasteiger partial charge in [0.05, 0.1) is 0 Å². The molecule has 1 rings (SSSR count). The molecule has 0 atom stereocenters. The summed E-state index contributed by atoms with van der Waals surface area (Å²) in [6, 6.07) is 0. The molecule has 1 aliphatic carbocycles. The van der Waals surface area contributed by atoms with Gasteiger partial charge in [0.15, 0.2) is 0 Å². The normalized spacial score (nSPS) is 15.2. The van der Waals surface area contributed by atoms with E-state index in [1.54, 1.807) is 0 Å². The van der Waals surface area contributed by atoms with Crippen LogP contribution in [0, 0.1) is 0 Å². The molecule has 0 aromatic heterocycles. The van der Waals surface area contributed by atoms with Crippen LogP contribution in [-0.4, -0.2) is 20.3 Å². The highest BCUT2D eigenvalue weighted by Crippen LogP contribution is 2.21. The first-order chi connectivity index (χ1) is 7.88. The third kappa shape index (κ3) is 5.17. The minimum atomic E-state index is -0.0550. The Morgan fingerprint density at radius 1 is 1.12 bits per heavy atom. The first-order valence-electron chi connectivity index (χ1n) is 6.80. The Morgan fingerprint density at radius 2 is 1.75 bits per heavy atom. The van der Waals surface area contributed by atoms with E-state index in [1.165, 1.54) is 31.2 Å². The first-order valence-corrected chi connectivity index (χ1v) is 6.80. The zero-order valence-electron chi connectivity index (χ0n) is 10.8. The molecule has 1 aliphatic rings. The molecule has 0 aromatic carbocycles. The second-order valence-corrected chi connectivity index (χ2v) is 4.45. The Hall–Kier alpha value is -0.275. The van der Waals surface area contributed by atoms with Crippen LogP contribution in [0.25, 0.3) is 0 Å². The molecule has 0 fully saturated rings. The van der Waals surface area contributed by atoms with E-state index < -0.39 is 0 Å². The predicted molar refractivity (Wildman–Crippen MR) is 69.4 cm³/mol. The summed E-state index contributed by atoms with van der Waals surface area (Å²) in [6.45, 7) is 6.02. The van der Waals surface area contributed by atoms with Gasteiger partial charge in [0, 0.05) is 13.2 Å². The number of allylic oxidation sites excluding steroid dienone is 2. The highest BCUT2D eigenvalue weighted by Gasteiger charge is 2.25. The summed E-state index contributed by atoms with van der Waals surface area (Å²) in [5.74, 6) is 0. The Morgan fingerprint density at radius 3 is 2.19 bits per heavy atom. The highest BCUT2D eigenvalue weighted by molar-refractivity contribution is 6.53. The zero-order valence-corrected chi connectivity index (χ0v) is 10.8. The molecular weight excluding hydrogens is 199 g/mol. The van der Waals surface area contributed by atoms with Crippen LogP contribution in [0.2, 0.25) is 0 Å². The maximum Gasteiger partial charge on any atom is 0.489 e. The standard InChI is InChI=1S/C13H25BO2/c1-3-5-11-15-14(16-12-6-4-2)13-9-7-8-10-13/h9H,3-8,10-12H2,1-2H3. The molecule has 2 nitrogen and oxygen atoms in total. The van der Waals surface area contributed by atoms with Gasteiger partial charge in [-0.05, 0) is 37.6 Å². The SMILES string of the molecule is CCCCOB(OCCCC)C1=CCCC1. The van der Waals surface area contributed by atoms with E-state index in [2.05, 4.69) is 19.9 Å². The number of hydrogen-bond donors (Lipinski definition) is 0. The molecule has 0 N–H and O–H groups in total. The zero-order chi connectivity index (χ0) is 11.6.